The molecule has 0 spiro atoms. The lowest BCUT2D eigenvalue weighted by Crippen LogP contribution is -2.51. The van der Waals surface area contributed by atoms with Gasteiger partial charge in [0.15, 0.2) is 0 Å². The van der Waals surface area contributed by atoms with Gasteiger partial charge in [-0.25, -0.2) is 15.6 Å². The molecule has 0 atom stereocenters. The lowest BCUT2D eigenvalue weighted by Gasteiger charge is -2.24. The van der Waals surface area contributed by atoms with E-state index >= 15 is 0 Å². The Kier molecular flexibility index (Phi) is 4.56. The Hall–Kier alpha value is -0.810. The molecule has 11 heavy (non-hydrogen) atoms. The quantitative estimate of drug-likeness (QED) is 0.304. The van der Waals surface area contributed by atoms with Crippen molar-refractivity contribution in [2.24, 2.45) is 5.84 Å². The van der Waals surface area contributed by atoms with Crippen LogP contribution in [0, 0.1) is 0 Å². The topological polar surface area (TPSA) is 70.4 Å². The Balaban J connectivity index is 3.78. The van der Waals surface area contributed by atoms with Gasteiger partial charge in [-0.2, -0.15) is 0 Å². The number of urea groups is 1. The standard InChI is InChI=1S/C6H16N4O/c1-4-10(5(2)3)9-6(11)8-7/h5H,4,7H2,1-3H3,(H2,8,9,11). The summed E-state index contributed by atoms with van der Waals surface area (Å²) in [7, 11) is 0. The summed E-state index contributed by atoms with van der Waals surface area (Å²) < 4.78 is 0. The highest BCUT2D eigenvalue weighted by atomic mass is 16.2. The minimum Gasteiger partial charge on any atom is -0.275 e. The normalized spacial score (nSPS) is 10.4. The van der Waals surface area contributed by atoms with Crippen molar-refractivity contribution >= 4 is 6.03 Å². The number of hydrogen-bond donors (Lipinski definition) is 3. The number of rotatable bonds is 3. The Morgan fingerprint density at radius 2 is 2.18 bits per heavy atom. The largest absolute Gasteiger partial charge is 0.343 e. The van der Waals surface area contributed by atoms with Gasteiger partial charge in [0.05, 0.1) is 0 Å². The summed E-state index contributed by atoms with van der Waals surface area (Å²) in [5, 5.41) is 1.78. The summed E-state index contributed by atoms with van der Waals surface area (Å²) in [6.45, 7) is 6.68. The molecule has 66 valence electrons. The van der Waals surface area contributed by atoms with Gasteiger partial charge < -0.3 is 0 Å². The minimum absolute atomic E-state index is 0.275. The SMILES string of the molecule is CCN(NC(=O)NN)C(C)C. The average molecular weight is 160 g/mol. The molecule has 0 heterocycles. The molecule has 0 aliphatic carbocycles. The number of nitrogens with one attached hydrogen (secondary N) is 2. The lowest BCUT2D eigenvalue weighted by atomic mass is 10.4. The molecule has 0 radical (unpaired) electrons. The van der Waals surface area contributed by atoms with Gasteiger partial charge in [0.2, 0.25) is 0 Å². The molecule has 0 aromatic heterocycles. The van der Waals surface area contributed by atoms with Crippen molar-refractivity contribution in [1.82, 2.24) is 15.9 Å². The fraction of sp³-hybridized carbons (Fsp3) is 0.833. The Morgan fingerprint density at radius 1 is 1.64 bits per heavy atom. The third kappa shape index (κ3) is 3.79. The van der Waals surface area contributed by atoms with Crippen molar-refractivity contribution in [1.29, 1.82) is 0 Å². The first kappa shape index (κ1) is 10.2. The summed E-state index contributed by atoms with van der Waals surface area (Å²) in [6.07, 6.45) is 0. The van der Waals surface area contributed by atoms with Crippen LogP contribution in [-0.4, -0.2) is 23.6 Å². The van der Waals surface area contributed by atoms with Crippen molar-refractivity contribution in [3.05, 3.63) is 0 Å². The van der Waals surface area contributed by atoms with Crippen molar-refractivity contribution in [3.8, 4) is 0 Å². The molecule has 4 N–H and O–H groups in total. The van der Waals surface area contributed by atoms with Gasteiger partial charge in [0, 0.05) is 12.6 Å². The van der Waals surface area contributed by atoms with Crippen molar-refractivity contribution in [2.75, 3.05) is 6.54 Å². The van der Waals surface area contributed by atoms with Crippen LogP contribution < -0.4 is 16.7 Å². The van der Waals surface area contributed by atoms with Gasteiger partial charge in [-0.15, -0.1) is 0 Å². The molecular weight excluding hydrogens is 144 g/mol. The molecule has 2 amide bonds. The lowest BCUT2D eigenvalue weighted by molar-refractivity contribution is 0.153. The summed E-state index contributed by atoms with van der Waals surface area (Å²) in [5.41, 5.74) is 4.57. The third-order valence-corrected chi connectivity index (χ3v) is 1.34. The zero-order valence-electron chi connectivity index (χ0n) is 7.22. The highest BCUT2D eigenvalue weighted by molar-refractivity contribution is 5.72. The second kappa shape index (κ2) is 4.92. The number of amides is 2. The fourth-order valence-corrected chi connectivity index (χ4v) is 0.736. The molecule has 5 nitrogen and oxygen atoms in total. The highest BCUT2D eigenvalue weighted by Gasteiger charge is 2.08. The third-order valence-electron chi connectivity index (χ3n) is 1.34. The fourth-order valence-electron chi connectivity index (χ4n) is 0.736. The molecule has 0 fully saturated rings. The number of hydrogen-bond acceptors (Lipinski definition) is 3. The van der Waals surface area contributed by atoms with Gasteiger partial charge in [-0.05, 0) is 13.8 Å². The van der Waals surface area contributed by atoms with E-state index < -0.39 is 0 Å². The van der Waals surface area contributed by atoms with E-state index in [1.165, 1.54) is 0 Å². The smallest absolute Gasteiger partial charge is 0.275 e. The first-order chi connectivity index (χ1) is 5.11. The second-order valence-corrected chi connectivity index (χ2v) is 2.47. The van der Waals surface area contributed by atoms with Crippen LogP contribution in [-0.2, 0) is 0 Å². The van der Waals surface area contributed by atoms with Gasteiger partial charge in [-0.1, -0.05) is 6.92 Å². The van der Waals surface area contributed by atoms with E-state index in [1.54, 1.807) is 5.01 Å². The summed E-state index contributed by atoms with van der Waals surface area (Å²) in [5.74, 6) is 4.89. The Morgan fingerprint density at radius 3 is 2.45 bits per heavy atom. The van der Waals surface area contributed by atoms with Crippen molar-refractivity contribution in [3.63, 3.8) is 0 Å². The number of nitrogens with two attached hydrogens (primary N) is 1. The average Bonchev–Trinajstić information content (AvgIpc) is 1.99. The molecule has 0 rings (SSSR count). The number of carbonyl (C=O) groups excluding carboxylic acids is 1. The van der Waals surface area contributed by atoms with Crippen LogP contribution in [0.1, 0.15) is 20.8 Å². The number of carbonyl (C=O) groups is 1. The van der Waals surface area contributed by atoms with Gasteiger partial charge in [0.1, 0.15) is 0 Å². The number of nitrogens with zero attached hydrogens (tertiary/aromatic N) is 1. The van der Waals surface area contributed by atoms with Crippen molar-refractivity contribution in [2.45, 2.75) is 26.8 Å². The highest BCUT2D eigenvalue weighted by Crippen LogP contribution is 1.90. The molecule has 0 saturated heterocycles. The maximum absolute atomic E-state index is 10.7. The van der Waals surface area contributed by atoms with Crippen molar-refractivity contribution < 1.29 is 4.79 Å². The van der Waals surface area contributed by atoms with Crippen LogP contribution in [0.2, 0.25) is 0 Å². The van der Waals surface area contributed by atoms with E-state index in [9.17, 15) is 4.79 Å². The molecule has 0 bridgehead atoms. The molecule has 0 saturated carbocycles. The first-order valence-electron chi connectivity index (χ1n) is 3.65. The monoisotopic (exact) mass is 160 g/mol. The molecular formula is C6H16N4O. The molecule has 0 unspecified atom stereocenters. The van der Waals surface area contributed by atoms with E-state index in [1.807, 2.05) is 26.2 Å². The molecule has 0 aliphatic rings. The van der Waals surface area contributed by atoms with E-state index in [4.69, 9.17) is 5.84 Å². The van der Waals surface area contributed by atoms with Crippen LogP contribution in [0.5, 0.6) is 0 Å². The molecule has 5 heteroatoms. The Bertz CT molecular complexity index is 126. The van der Waals surface area contributed by atoms with Crippen LogP contribution in [0.3, 0.4) is 0 Å². The van der Waals surface area contributed by atoms with Crippen LogP contribution >= 0.6 is 0 Å². The second-order valence-electron chi connectivity index (χ2n) is 2.47. The molecule has 0 aromatic rings. The van der Waals surface area contributed by atoms with E-state index in [0.717, 1.165) is 6.54 Å². The van der Waals surface area contributed by atoms with Gasteiger partial charge in [0.25, 0.3) is 0 Å². The maximum atomic E-state index is 10.7. The predicted octanol–water partition coefficient (Wildman–Crippen LogP) is -0.195. The maximum Gasteiger partial charge on any atom is 0.343 e. The minimum atomic E-state index is -0.388. The zero-order chi connectivity index (χ0) is 8.85. The van der Waals surface area contributed by atoms with E-state index in [0.29, 0.717) is 0 Å². The summed E-state index contributed by atoms with van der Waals surface area (Å²) in [4.78, 5) is 10.7. The molecule has 0 aliphatic heterocycles. The molecule has 0 aromatic carbocycles. The summed E-state index contributed by atoms with van der Waals surface area (Å²) >= 11 is 0. The van der Waals surface area contributed by atoms with Gasteiger partial charge >= 0.3 is 6.03 Å². The predicted molar refractivity (Wildman–Crippen MR) is 43.4 cm³/mol. The summed E-state index contributed by atoms with van der Waals surface area (Å²) in [6, 6.07) is -0.113. The Labute approximate surface area is 66.9 Å². The van der Waals surface area contributed by atoms with E-state index in [2.05, 4.69) is 5.43 Å². The van der Waals surface area contributed by atoms with Crippen LogP contribution in [0.15, 0.2) is 0 Å². The van der Waals surface area contributed by atoms with E-state index in [-0.39, 0.29) is 12.1 Å². The first-order valence-corrected chi connectivity index (χ1v) is 3.65. The number of hydrazine groups is 2. The van der Waals surface area contributed by atoms with Crippen LogP contribution in [0.4, 0.5) is 4.79 Å². The zero-order valence-corrected chi connectivity index (χ0v) is 7.22. The van der Waals surface area contributed by atoms with Crippen LogP contribution in [0.25, 0.3) is 0 Å². The van der Waals surface area contributed by atoms with Gasteiger partial charge in [-0.3, -0.25) is 10.9 Å².